The number of hydrogen-bond acceptors (Lipinski definition) is 2. The number of nitrogens with zero attached hydrogens (tertiary/aromatic N) is 2. The number of carbonyl (C=O) groups excluding carboxylic acids is 1. The first-order valence-corrected chi connectivity index (χ1v) is 7.14. The van der Waals surface area contributed by atoms with Gasteiger partial charge < -0.3 is 9.88 Å². The first-order valence-electron chi connectivity index (χ1n) is 7.14. The summed E-state index contributed by atoms with van der Waals surface area (Å²) in [7, 11) is 0. The molecule has 0 bridgehead atoms. The van der Waals surface area contributed by atoms with Gasteiger partial charge in [-0.1, -0.05) is 29.8 Å². The zero-order valence-corrected chi connectivity index (χ0v) is 12.4. The second-order valence-corrected chi connectivity index (χ2v) is 5.19. The van der Waals surface area contributed by atoms with Crippen LogP contribution in [-0.2, 0) is 6.54 Å². The lowest BCUT2D eigenvalue weighted by atomic mass is 10.1. The molecule has 0 aliphatic rings. The molecular weight excluding hydrogens is 274 g/mol. The van der Waals surface area contributed by atoms with Gasteiger partial charge in [-0.05, 0) is 36.8 Å². The van der Waals surface area contributed by atoms with Gasteiger partial charge in [-0.2, -0.15) is 0 Å². The van der Waals surface area contributed by atoms with Crippen molar-refractivity contribution >= 4 is 5.91 Å². The third-order valence-electron chi connectivity index (χ3n) is 3.47. The van der Waals surface area contributed by atoms with Crippen LogP contribution in [-0.4, -0.2) is 15.5 Å². The lowest BCUT2D eigenvalue weighted by Gasteiger charge is -2.07. The van der Waals surface area contributed by atoms with E-state index >= 15 is 0 Å². The molecule has 0 unspecified atom stereocenters. The van der Waals surface area contributed by atoms with Crippen LogP contribution in [0.3, 0.4) is 0 Å². The molecule has 1 amide bonds. The van der Waals surface area contributed by atoms with Crippen LogP contribution in [0.4, 0.5) is 0 Å². The molecule has 0 fully saturated rings. The Labute approximate surface area is 129 Å². The Bertz CT molecular complexity index is 761. The number of imidazole rings is 1. The summed E-state index contributed by atoms with van der Waals surface area (Å²) in [5.74, 6) is -0.0707. The first kappa shape index (κ1) is 14.1. The molecule has 0 spiro atoms. The summed E-state index contributed by atoms with van der Waals surface area (Å²) in [6, 6.07) is 15.6. The molecule has 0 aliphatic heterocycles. The standard InChI is InChI=1S/C18H17N3O/c1-14-3-2-4-15(11-14)12-20-18(22)16-5-7-17(8-6-16)21-10-9-19-13-21/h2-11,13H,12H2,1H3,(H,20,22). The number of carbonyl (C=O) groups is 1. The largest absolute Gasteiger partial charge is 0.348 e. The van der Waals surface area contributed by atoms with Crippen molar-refractivity contribution in [3.8, 4) is 5.69 Å². The summed E-state index contributed by atoms with van der Waals surface area (Å²) >= 11 is 0. The van der Waals surface area contributed by atoms with Crippen LogP contribution in [0.5, 0.6) is 0 Å². The molecule has 0 saturated heterocycles. The Balaban J connectivity index is 1.65. The van der Waals surface area contributed by atoms with Crippen LogP contribution in [0.2, 0.25) is 0 Å². The second-order valence-electron chi connectivity index (χ2n) is 5.19. The van der Waals surface area contributed by atoms with E-state index in [2.05, 4.69) is 16.4 Å². The quantitative estimate of drug-likeness (QED) is 0.803. The predicted octanol–water partition coefficient (Wildman–Crippen LogP) is 3.11. The number of hydrogen-bond donors (Lipinski definition) is 1. The molecule has 3 aromatic rings. The minimum absolute atomic E-state index is 0.0707. The molecule has 4 nitrogen and oxygen atoms in total. The zero-order chi connectivity index (χ0) is 15.4. The Morgan fingerprint density at radius 2 is 2.00 bits per heavy atom. The van der Waals surface area contributed by atoms with Gasteiger partial charge in [0.05, 0.1) is 6.33 Å². The van der Waals surface area contributed by atoms with Crippen molar-refractivity contribution < 1.29 is 4.79 Å². The molecule has 1 aromatic heterocycles. The van der Waals surface area contributed by atoms with E-state index in [1.807, 2.05) is 60.2 Å². The Morgan fingerprint density at radius 3 is 2.68 bits per heavy atom. The van der Waals surface area contributed by atoms with Crippen molar-refractivity contribution in [2.75, 3.05) is 0 Å². The van der Waals surface area contributed by atoms with Gasteiger partial charge in [0.2, 0.25) is 0 Å². The summed E-state index contributed by atoms with van der Waals surface area (Å²) in [5.41, 5.74) is 3.92. The van der Waals surface area contributed by atoms with Gasteiger partial charge in [-0.15, -0.1) is 0 Å². The number of amides is 1. The lowest BCUT2D eigenvalue weighted by Crippen LogP contribution is -2.22. The Hall–Kier alpha value is -2.88. The van der Waals surface area contributed by atoms with Crippen LogP contribution in [0.25, 0.3) is 5.69 Å². The maximum Gasteiger partial charge on any atom is 0.251 e. The lowest BCUT2D eigenvalue weighted by molar-refractivity contribution is 0.0951. The van der Waals surface area contributed by atoms with E-state index < -0.39 is 0 Å². The molecule has 0 saturated carbocycles. The summed E-state index contributed by atoms with van der Waals surface area (Å²) in [5, 5.41) is 2.94. The van der Waals surface area contributed by atoms with Crippen LogP contribution >= 0.6 is 0 Å². The Kier molecular flexibility index (Phi) is 4.01. The van der Waals surface area contributed by atoms with Crippen molar-refractivity contribution in [1.29, 1.82) is 0 Å². The highest BCUT2D eigenvalue weighted by Crippen LogP contribution is 2.10. The minimum Gasteiger partial charge on any atom is -0.348 e. The molecule has 0 aliphatic carbocycles. The smallest absolute Gasteiger partial charge is 0.251 e. The summed E-state index contributed by atoms with van der Waals surface area (Å²) in [6.07, 6.45) is 5.32. The average Bonchev–Trinajstić information content (AvgIpc) is 3.07. The number of rotatable bonds is 4. The number of aryl methyl sites for hydroxylation is 1. The van der Waals surface area contributed by atoms with Gasteiger partial charge in [0.15, 0.2) is 0 Å². The maximum absolute atomic E-state index is 12.2. The van der Waals surface area contributed by atoms with Gasteiger partial charge in [-0.3, -0.25) is 4.79 Å². The number of benzene rings is 2. The molecule has 0 atom stereocenters. The summed E-state index contributed by atoms with van der Waals surface area (Å²) in [4.78, 5) is 16.2. The van der Waals surface area contributed by atoms with E-state index in [1.165, 1.54) is 5.56 Å². The second kappa shape index (κ2) is 6.26. The average molecular weight is 291 g/mol. The maximum atomic E-state index is 12.2. The highest BCUT2D eigenvalue weighted by Gasteiger charge is 2.05. The fraction of sp³-hybridized carbons (Fsp3) is 0.111. The third kappa shape index (κ3) is 3.23. The van der Waals surface area contributed by atoms with Crippen molar-refractivity contribution in [2.24, 2.45) is 0 Å². The van der Waals surface area contributed by atoms with E-state index in [9.17, 15) is 4.79 Å². The van der Waals surface area contributed by atoms with E-state index in [4.69, 9.17) is 0 Å². The molecule has 22 heavy (non-hydrogen) atoms. The topological polar surface area (TPSA) is 46.9 Å². The van der Waals surface area contributed by atoms with E-state index in [0.717, 1.165) is 11.3 Å². The van der Waals surface area contributed by atoms with Crippen molar-refractivity contribution in [3.05, 3.63) is 83.9 Å². The molecule has 4 heteroatoms. The van der Waals surface area contributed by atoms with Crippen LogP contribution in [0.15, 0.2) is 67.3 Å². The van der Waals surface area contributed by atoms with Crippen LogP contribution in [0.1, 0.15) is 21.5 Å². The van der Waals surface area contributed by atoms with Gasteiger partial charge in [0.25, 0.3) is 5.91 Å². The number of nitrogens with one attached hydrogen (secondary N) is 1. The molecule has 110 valence electrons. The van der Waals surface area contributed by atoms with Gasteiger partial charge in [0.1, 0.15) is 0 Å². The molecule has 2 aromatic carbocycles. The third-order valence-corrected chi connectivity index (χ3v) is 3.47. The van der Waals surface area contributed by atoms with Crippen molar-refractivity contribution in [1.82, 2.24) is 14.9 Å². The van der Waals surface area contributed by atoms with Crippen LogP contribution in [0, 0.1) is 6.92 Å². The fourth-order valence-electron chi connectivity index (χ4n) is 2.30. The van der Waals surface area contributed by atoms with Gasteiger partial charge in [-0.25, -0.2) is 4.98 Å². The molecule has 3 rings (SSSR count). The summed E-state index contributed by atoms with van der Waals surface area (Å²) < 4.78 is 1.90. The normalized spacial score (nSPS) is 10.4. The van der Waals surface area contributed by atoms with Gasteiger partial charge in [0, 0.05) is 30.2 Å². The first-order chi connectivity index (χ1) is 10.7. The highest BCUT2D eigenvalue weighted by atomic mass is 16.1. The Morgan fingerprint density at radius 1 is 1.18 bits per heavy atom. The van der Waals surface area contributed by atoms with Crippen LogP contribution < -0.4 is 5.32 Å². The van der Waals surface area contributed by atoms with E-state index in [1.54, 1.807) is 12.5 Å². The minimum atomic E-state index is -0.0707. The van der Waals surface area contributed by atoms with E-state index in [0.29, 0.717) is 12.1 Å². The zero-order valence-electron chi connectivity index (χ0n) is 12.4. The molecule has 1 heterocycles. The highest BCUT2D eigenvalue weighted by molar-refractivity contribution is 5.94. The molecular formula is C18H17N3O. The SMILES string of the molecule is Cc1cccc(CNC(=O)c2ccc(-n3ccnc3)cc2)c1. The van der Waals surface area contributed by atoms with Crippen molar-refractivity contribution in [2.45, 2.75) is 13.5 Å². The monoisotopic (exact) mass is 291 g/mol. The summed E-state index contributed by atoms with van der Waals surface area (Å²) in [6.45, 7) is 2.57. The molecule has 0 radical (unpaired) electrons. The van der Waals surface area contributed by atoms with E-state index in [-0.39, 0.29) is 5.91 Å². The van der Waals surface area contributed by atoms with Crippen molar-refractivity contribution in [3.63, 3.8) is 0 Å². The fourth-order valence-corrected chi connectivity index (χ4v) is 2.30. The predicted molar refractivity (Wildman–Crippen MR) is 85.9 cm³/mol. The number of aromatic nitrogens is 2. The molecule has 1 N–H and O–H groups in total. The van der Waals surface area contributed by atoms with Gasteiger partial charge >= 0.3 is 0 Å².